The number of hydrogen-bond donors (Lipinski definition) is 2. The first-order chi connectivity index (χ1) is 6.69. The summed E-state index contributed by atoms with van der Waals surface area (Å²) in [6.45, 7) is 0.304. The number of hydrogen-bond acceptors (Lipinski definition) is 3. The van der Waals surface area contributed by atoms with Crippen LogP contribution in [0.25, 0.3) is 0 Å². The number of benzene rings is 1. The van der Waals surface area contributed by atoms with Crippen molar-refractivity contribution in [2.24, 2.45) is 5.73 Å². The predicted molar refractivity (Wildman–Crippen MR) is 54.5 cm³/mol. The van der Waals surface area contributed by atoms with Gasteiger partial charge in [-0.2, -0.15) is 5.26 Å². The van der Waals surface area contributed by atoms with Crippen LogP contribution in [-0.2, 0) is 6.54 Å². The van der Waals surface area contributed by atoms with Gasteiger partial charge in [0.05, 0.1) is 18.6 Å². The molecule has 1 unspecified atom stereocenters. The number of halogens is 1. The summed E-state index contributed by atoms with van der Waals surface area (Å²) in [6.07, 6.45) is -0.718. The molecule has 74 valence electrons. The van der Waals surface area contributed by atoms with E-state index in [2.05, 4.69) is 0 Å². The maximum atomic E-state index is 9.60. The van der Waals surface area contributed by atoms with Crippen LogP contribution >= 0.6 is 11.6 Å². The molecule has 1 rings (SSSR count). The van der Waals surface area contributed by atoms with Gasteiger partial charge >= 0.3 is 0 Å². The summed E-state index contributed by atoms with van der Waals surface area (Å²) in [4.78, 5) is 0. The topological polar surface area (TPSA) is 70.0 Å². The fraction of sp³-hybridized carbons (Fsp3) is 0.300. The van der Waals surface area contributed by atoms with Gasteiger partial charge in [-0.25, -0.2) is 0 Å². The van der Waals surface area contributed by atoms with Crippen LogP contribution in [0.4, 0.5) is 0 Å². The number of nitriles is 1. The Kier molecular flexibility index (Phi) is 3.90. The maximum Gasteiger partial charge on any atom is 0.0923 e. The highest BCUT2D eigenvalue weighted by atomic mass is 35.5. The molecule has 0 aliphatic heterocycles. The average Bonchev–Trinajstić information content (AvgIpc) is 2.17. The third-order valence-electron chi connectivity index (χ3n) is 1.97. The third kappa shape index (κ3) is 2.46. The highest BCUT2D eigenvalue weighted by molar-refractivity contribution is 6.30. The smallest absolute Gasteiger partial charge is 0.0923 e. The first kappa shape index (κ1) is 11.0. The van der Waals surface area contributed by atoms with Gasteiger partial charge in [0.25, 0.3) is 0 Å². The van der Waals surface area contributed by atoms with Crippen molar-refractivity contribution >= 4 is 11.6 Å². The van der Waals surface area contributed by atoms with Crippen molar-refractivity contribution in [2.75, 3.05) is 0 Å². The van der Waals surface area contributed by atoms with Crippen molar-refractivity contribution in [1.82, 2.24) is 0 Å². The molecule has 0 bridgehead atoms. The maximum absolute atomic E-state index is 9.60. The summed E-state index contributed by atoms with van der Waals surface area (Å²) in [7, 11) is 0. The summed E-state index contributed by atoms with van der Waals surface area (Å²) in [5.41, 5.74) is 6.96. The van der Waals surface area contributed by atoms with Crippen LogP contribution in [0.2, 0.25) is 5.02 Å². The highest BCUT2D eigenvalue weighted by Gasteiger charge is 2.11. The van der Waals surface area contributed by atoms with E-state index in [0.29, 0.717) is 17.1 Å². The number of rotatable bonds is 3. The number of aliphatic hydroxyl groups is 1. The van der Waals surface area contributed by atoms with Crippen LogP contribution in [0, 0.1) is 11.3 Å². The van der Waals surface area contributed by atoms with Crippen molar-refractivity contribution in [3.05, 3.63) is 34.3 Å². The summed E-state index contributed by atoms with van der Waals surface area (Å²) >= 11 is 5.78. The minimum atomic E-state index is -0.782. The van der Waals surface area contributed by atoms with Crippen LogP contribution in [0.5, 0.6) is 0 Å². The molecule has 4 heteroatoms. The van der Waals surface area contributed by atoms with E-state index in [4.69, 9.17) is 22.6 Å². The Balaban J connectivity index is 3.02. The van der Waals surface area contributed by atoms with E-state index in [-0.39, 0.29) is 6.42 Å². The van der Waals surface area contributed by atoms with Gasteiger partial charge in [0.2, 0.25) is 0 Å². The van der Waals surface area contributed by atoms with Gasteiger partial charge in [-0.3, -0.25) is 0 Å². The first-order valence-electron chi connectivity index (χ1n) is 4.22. The van der Waals surface area contributed by atoms with E-state index in [0.717, 1.165) is 5.56 Å². The zero-order valence-corrected chi connectivity index (χ0v) is 8.33. The second kappa shape index (κ2) is 4.97. The van der Waals surface area contributed by atoms with Gasteiger partial charge in [0, 0.05) is 11.6 Å². The molecule has 0 amide bonds. The van der Waals surface area contributed by atoms with Crippen molar-refractivity contribution < 1.29 is 5.11 Å². The van der Waals surface area contributed by atoms with E-state index in [1.165, 1.54) is 0 Å². The van der Waals surface area contributed by atoms with E-state index >= 15 is 0 Å². The van der Waals surface area contributed by atoms with Gasteiger partial charge in [-0.05, 0) is 23.3 Å². The molecule has 0 aliphatic carbocycles. The van der Waals surface area contributed by atoms with Crippen LogP contribution in [0.1, 0.15) is 23.7 Å². The highest BCUT2D eigenvalue weighted by Crippen LogP contribution is 2.23. The van der Waals surface area contributed by atoms with Gasteiger partial charge in [-0.15, -0.1) is 0 Å². The number of nitrogens with zero attached hydrogens (tertiary/aromatic N) is 1. The second-order valence-electron chi connectivity index (χ2n) is 2.93. The molecule has 1 aromatic rings. The normalized spacial score (nSPS) is 12.1. The largest absolute Gasteiger partial charge is 0.387 e. The van der Waals surface area contributed by atoms with E-state index < -0.39 is 6.10 Å². The Morgan fingerprint density at radius 1 is 1.57 bits per heavy atom. The molecule has 3 nitrogen and oxygen atoms in total. The van der Waals surface area contributed by atoms with Crippen molar-refractivity contribution in [1.29, 1.82) is 5.26 Å². The lowest BCUT2D eigenvalue weighted by Gasteiger charge is -2.12. The average molecular weight is 211 g/mol. The van der Waals surface area contributed by atoms with Crippen molar-refractivity contribution in [3.8, 4) is 6.07 Å². The molecule has 0 saturated carbocycles. The lowest BCUT2D eigenvalue weighted by molar-refractivity contribution is 0.182. The molecule has 0 heterocycles. The Labute approximate surface area is 87.7 Å². The Morgan fingerprint density at radius 3 is 2.86 bits per heavy atom. The van der Waals surface area contributed by atoms with Crippen molar-refractivity contribution in [2.45, 2.75) is 19.1 Å². The van der Waals surface area contributed by atoms with E-state index in [1.807, 2.05) is 6.07 Å². The molecule has 3 N–H and O–H groups in total. The molecular formula is C10H11ClN2O. The molecule has 1 aromatic carbocycles. The third-order valence-corrected chi connectivity index (χ3v) is 2.20. The Bertz CT molecular complexity index is 360. The minimum Gasteiger partial charge on any atom is -0.387 e. The predicted octanol–water partition coefficient (Wildman–Crippen LogP) is 1.75. The molecule has 0 aromatic heterocycles. The number of nitrogens with two attached hydrogens (primary N) is 1. The van der Waals surface area contributed by atoms with Gasteiger partial charge in [0.15, 0.2) is 0 Å². The lowest BCUT2D eigenvalue weighted by atomic mass is 10.0. The van der Waals surface area contributed by atoms with Gasteiger partial charge < -0.3 is 10.8 Å². The zero-order chi connectivity index (χ0) is 10.6. The summed E-state index contributed by atoms with van der Waals surface area (Å²) in [5, 5.41) is 18.6. The minimum absolute atomic E-state index is 0.0641. The van der Waals surface area contributed by atoms with Crippen LogP contribution in [-0.4, -0.2) is 5.11 Å². The van der Waals surface area contributed by atoms with Crippen LogP contribution in [0.3, 0.4) is 0 Å². The van der Waals surface area contributed by atoms with Crippen LogP contribution in [0.15, 0.2) is 18.2 Å². The first-order valence-corrected chi connectivity index (χ1v) is 4.60. The van der Waals surface area contributed by atoms with E-state index in [1.54, 1.807) is 18.2 Å². The quantitative estimate of drug-likeness (QED) is 0.799. The Hall–Kier alpha value is -1.08. The summed E-state index contributed by atoms with van der Waals surface area (Å²) in [5.74, 6) is 0. The second-order valence-corrected chi connectivity index (χ2v) is 3.36. The molecule has 0 saturated heterocycles. The summed E-state index contributed by atoms with van der Waals surface area (Å²) in [6, 6.07) is 6.99. The molecule has 14 heavy (non-hydrogen) atoms. The molecule has 0 fully saturated rings. The monoisotopic (exact) mass is 210 g/mol. The number of aliphatic hydroxyl groups excluding tert-OH is 1. The molecule has 0 aliphatic rings. The zero-order valence-electron chi connectivity index (χ0n) is 7.57. The molecule has 1 atom stereocenters. The fourth-order valence-electron chi connectivity index (χ4n) is 1.27. The van der Waals surface area contributed by atoms with E-state index in [9.17, 15) is 5.11 Å². The molecule has 0 radical (unpaired) electrons. The standard InChI is InChI=1S/C10H11ClN2O/c11-8-1-2-9(7(5-8)6-13)10(14)3-4-12/h1-2,5,10,14H,3,6,13H2. The SMILES string of the molecule is N#CCC(O)c1ccc(Cl)cc1CN. The Morgan fingerprint density at radius 2 is 2.29 bits per heavy atom. The molecule has 0 spiro atoms. The molecular weight excluding hydrogens is 200 g/mol. The van der Waals surface area contributed by atoms with Gasteiger partial charge in [0.1, 0.15) is 0 Å². The van der Waals surface area contributed by atoms with Crippen LogP contribution < -0.4 is 5.73 Å². The van der Waals surface area contributed by atoms with Crippen molar-refractivity contribution in [3.63, 3.8) is 0 Å². The van der Waals surface area contributed by atoms with Gasteiger partial charge in [-0.1, -0.05) is 17.7 Å². The summed E-state index contributed by atoms with van der Waals surface area (Å²) < 4.78 is 0. The lowest BCUT2D eigenvalue weighted by Crippen LogP contribution is -2.05. The fourth-order valence-corrected chi connectivity index (χ4v) is 1.47.